The number of piperidine rings is 1. The topological polar surface area (TPSA) is 67.7 Å². The summed E-state index contributed by atoms with van der Waals surface area (Å²) in [6.45, 7) is 4.50. The molecule has 28 heavy (non-hydrogen) atoms. The number of para-hydroxylation sites is 1. The van der Waals surface area contributed by atoms with Gasteiger partial charge in [0.05, 0.1) is 19.4 Å². The van der Waals surface area contributed by atoms with Crippen LogP contribution in [0.2, 0.25) is 0 Å². The number of aryl methyl sites for hydroxylation is 1. The number of nitrogens with zero attached hydrogens (tertiary/aromatic N) is 4. The molecule has 3 heterocycles. The van der Waals surface area contributed by atoms with Crippen molar-refractivity contribution in [2.45, 2.75) is 44.9 Å². The zero-order valence-corrected chi connectivity index (χ0v) is 16.2. The van der Waals surface area contributed by atoms with Gasteiger partial charge in [-0.1, -0.05) is 18.2 Å². The summed E-state index contributed by atoms with van der Waals surface area (Å²) < 4.78 is 8.40. The molecular formula is C21H26N4O3. The Bertz CT molecular complexity index is 851. The lowest BCUT2D eigenvalue weighted by Crippen LogP contribution is -2.58. The summed E-state index contributed by atoms with van der Waals surface area (Å²) in [6.07, 6.45) is 7.43. The molecule has 148 valence electrons. The largest absolute Gasteiger partial charge is 0.483 e. The highest BCUT2D eigenvalue weighted by molar-refractivity contribution is 5.76. The minimum atomic E-state index is -0.554. The standard InChI is InChI=1S/C21H26N4O3/c1-17(26)25-13-18-5-2-3-6-19(18)28-21(15-25)8-4-10-24(14-21)20(27)7-11-23-12-9-22-16-23/h2-3,5-6,9,12,16H,4,7-8,10-11,13-15H2,1H3. The van der Waals surface area contributed by atoms with Crippen LogP contribution in [-0.4, -0.2) is 56.4 Å². The molecule has 2 aliphatic heterocycles. The fourth-order valence-electron chi connectivity index (χ4n) is 4.16. The van der Waals surface area contributed by atoms with Gasteiger partial charge in [-0.2, -0.15) is 0 Å². The lowest BCUT2D eigenvalue weighted by atomic mass is 9.91. The number of rotatable bonds is 3. The van der Waals surface area contributed by atoms with Crippen molar-refractivity contribution in [3.8, 4) is 5.75 Å². The molecule has 0 radical (unpaired) electrons. The molecule has 1 fully saturated rings. The number of hydrogen-bond donors (Lipinski definition) is 0. The van der Waals surface area contributed by atoms with Gasteiger partial charge in [-0.3, -0.25) is 9.59 Å². The number of benzene rings is 1. The predicted molar refractivity (Wildman–Crippen MR) is 104 cm³/mol. The molecule has 1 unspecified atom stereocenters. The van der Waals surface area contributed by atoms with Crippen molar-refractivity contribution in [2.75, 3.05) is 19.6 Å². The Balaban J connectivity index is 1.52. The second kappa shape index (κ2) is 7.66. The van der Waals surface area contributed by atoms with Crippen LogP contribution < -0.4 is 4.74 Å². The van der Waals surface area contributed by atoms with Gasteiger partial charge in [0.25, 0.3) is 0 Å². The molecule has 1 spiro atoms. The van der Waals surface area contributed by atoms with Crippen molar-refractivity contribution in [1.82, 2.24) is 19.4 Å². The Morgan fingerprint density at radius 3 is 2.82 bits per heavy atom. The van der Waals surface area contributed by atoms with Gasteiger partial charge in [0.2, 0.25) is 11.8 Å². The Labute approximate surface area is 164 Å². The van der Waals surface area contributed by atoms with Crippen molar-refractivity contribution in [2.24, 2.45) is 0 Å². The zero-order chi connectivity index (χ0) is 19.6. The lowest BCUT2D eigenvalue weighted by Gasteiger charge is -2.43. The number of aromatic nitrogens is 2. The summed E-state index contributed by atoms with van der Waals surface area (Å²) in [5, 5.41) is 0. The van der Waals surface area contributed by atoms with Crippen LogP contribution in [0.25, 0.3) is 0 Å². The minimum Gasteiger partial charge on any atom is -0.483 e. The number of imidazole rings is 1. The van der Waals surface area contributed by atoms with E-state index in [0.717, 1.165) is 30.7 Å². The van der Waals surface area contributed by atoms with Gasteiger partial charge in [-0.25, -0.2) is 4.98 Å². The summed E-state index contributed by atoms with van der Waals surface area (Å²) in [5.41, 5.74) is 0.458. The first-order chi connectivity index (χ1) is 13.5. The van der Waals surface area contributed by atoms with Crippen LogP contribution in [-0.2, 0) is 22.7 Å². The number of amides is 2. The molecule has 0 saturated carbocycles. The van der Waals surface area contributed by atoms with Crippen LogP contribution in [0, 0.1) is 0 Å². The fraction of sp³-hybridized carbons (Fsp3) is 0.476. The van der Waals surface area contributed by atoms with E-state index >= 15 is 0 Å². The molecule has 0 aliphatic carbocycles. The third kappa shape index (κ3) is 3.88. The summed E-state index contributed by atoms with van der Waals surface area (Å²) in [4.78, 5) is 32.8. The highest BCUT2D eigenvalue weighted by Gasteiger charge is 2.43. The van der Waals surface area contributed by atoms with Crippen LogP contribution in [0.5, 0.6) is 5.75 Å². The molecular weight excluding hydrogens is 356 g/mol. The van der Waals surface area contributed by atoms with Gasteiger partial charge in [0.1, 0.15) is 11.4 Å². The van der Waals surface area contributed by atoms with Crippen molar-refractivity contribution < 1.29 is 14.3 Å². The van der Waals surface area contributed by atoms with E-state index in [0.29, 0.717) is 32.6 Å². The molecule has 7 nitrogen and oxygen atoms in total. The molecule has 2 aliphatic rings. The first-order valence-corrected chi connectivity index (χ1v) is 9.81. The Kier molecular flexibility index (Phi) is 5.07. The molecule has 1 aromatic carbocycles. The highest BCUT2D eigenvalue weighted by Crippen LogP contribution is 2.34. The fourth-order valence-corrected chi connectivity index (χ4v) is 4.16. The third-order valence-corrected chi connectivity index (χ3v) is 5.62. The number of ether oxygens (including phenoxy) is 1. The van der Waals surface area contributed by atoms with Crippen LogP contribution >= 0.6 is 0 Å². The third-order valence-electron chi connectivity index (χ3n) is 5.62. The molecule has 7 heteroatoms. The van der Waals surface area contributed by atoms with E-state index in [4.69, 9.17) is 4.74 Å². The number of hydrogen-bond acceptors (Lipinski definition) is 4. The van der Waals surface area contributed by atoms with E-state index < -0.39 is 5.60 Å². The predicted octanol–water partition coefficient (Wildman–Crippen LogP) is 2.08. The average Bonchev–Trinajstić information content (AvgIpc) is 3.15. The number of carbonyl (C=O) groups excluding carboxylic acids is 2. The SMILES string of the molecule is CC(=O)N1Cc2ccccc2OC2(CCCN(C(=O)CCn3ccnc3)C2)C1. The van der Waals surface area contributed by atoms with Crippen molar-refractivity contribution in [3.05, 3.63) is 48.5 Å². The highest BCUT2D eigenvalue weighted by atomic mass is 16.5. The van der Waals surface area contributed by atoms with Crippen molar-refractivity contribution >= 4 is 11.8 Å². The van der Waals surface area contributed by atoms with Gasteiger partial charge in [-0.05, 0) is 18.9 Å². The van der Waals surface area contributed by atoms with Gasteiger partial charge in [-0.15, -0.1) is 0 Å². The zero-order valence-electron chi connectivity index (χ0n) is 16.2. The summed E-state index contributed by atoms with van der Waals surface area (Å²) in [5.74, 6) is 0.963. The van der Waals surface area contributed by atoms with E-state index in [1.807, 2.05) is 44.8 Å². The first-order valence-electron chi connectivity index (χ1n) is 9.81. The molecule has 2 amide bonds. The monoisotopic (exact) mass is 382 g/mol. The smallest absolute Gasteiger partial charge is 0.224 e. The average molecular weight is 382 g/mol. The summed E-state index contributed by atoms with van der Waals surface area (Å²) in [7, 11) is 0. The van der Waals surface area contributed by atoms with Gasteiger partial charge in [0.15, 0.2) is 0 Å². The van der Waals surface area contributed by atoms with Crippen LogP contribution in [0.15, 0.2) is 43.0 Å². The molecule has 0 bridgehead atoms. The molecule has 1 saturated heterocycles. The van der Waals surface area contributed by atoms with E-state index in [2.05, 4.69) is 4.98 Å². The molecule has 2 aromatic rings. The van der Waals surface area contributed by atoms with E-state index in [9.17, 15) is 9.59 Å². The normalized spacial score (nSPS) is 21.8. The Morgan fingerprint density at radius 2 is 2.04 bits per heavy atom. The molecule has 0 N–H and O–H groups in total. The van der Waals surface area contributed by atoms with E-state index in [1.165, 1.54) is 0 Å². The van der Waals surface area contributed by atoms with Gasteiger partial charge >= 0.3 is 0 Å². The van der Waals surface area contributed by atoms with Crippen molar-refractivity contribution in [1.29, 1.82) is 0 Å². The lowest BCUT2D eigenvalue weighted by molar-refractivity contribution is -0.140. The maximum Gasteiger partial charge on any atom is 0.224 e. The Morgan fingerprint density at radius 1 is 1.21 bits per heavy atom. The van der Waals surface area contributed by atoms with E-state index in [-0.39, 0.29) is 11.8 Å². The molecule has 1 atom stereocenters. The molecule has 4 rings (SSSR count). The van der Waals surface area contributed by atoms with Crippen LogP contribution in [0.3, 0.4) is 0 Å². The second-order valence-corrected chi connectivity index (χ2v) is 7.74. The first kappa shape index (κ1) is 18.5. The van der Waals surface area contributed by atoms with E-state index in [1.54, 1.807) is 19.4 Å². The Hall–Kier alpha value is -2.83. The minimum absolute atomic E-state index is 0.0308. The number of fused-ring (bicyclic) bond motifs is 1. The number of carbonyl (C=O) groups is 2. The van der Waals surface area contributed by atoms with Crippen LogP contribution in [0.4, 0.5) is 0 Å². The van der Waals surface area contributed by atoms with Gasteiger partial charge in [0, 0.05) is 50.9 Å². The number of likely N-dealkylation sites (tertiary alicyclic amines) is 1. The van der Waals surface area contributed by atoms with Gasteiger partial charge < -0.3 is 19.1 Å². The summed E-state index contributed by atoms with van der Waals surface area (Å²) >= 11 is 0. The second-order valence-electron chi connectivity index (χ2n) is 7.74. The molecule has 1 aromatic heterocycles. The maximum atomic E-state index is 12.8. The maximum absolute atomic E-state index is 12.8. The quantitative estimate of drug-likeness (QED) is 0.815. The summed E-state index contributed by atoms with van der Waals surface area (Å²) in [6, 6.07) is 7.87. The van der Waals surface area contributed by atoms with Crippen molar-refractivity contribution in [3.63, 3.8) is 0 Å². The van der Waals surface area contributed by atoms with Crippen LogP contribution in [0.1, 0.15) is 31.7 Å².